The van der Waals surface area contributed by atoms with Crippen LogP contribution in [0, 0.1) is 12.7 Å². The van der Waals surface area contributed by atoms with E-state index in [1.165, 1.54) is 12.1 Å². The molecule has 3 aromatic rings. The van der Waals surface area contributed by atoms with Crippen molar-refractivity contribution < 1.29 is 4.39 Å². The Hall–Kier alpha value is -2.76. The van der Waals surface area contributed by atoms with Gasteiger partial charge in [0.2, 0.25) is 0 Å². The number of nitrogens with two attached hydrogens (primary N) is 1. The van der Waals surface area contributed by atoms with Gasteiger partial charge in [0.15, 0.2) is 5.82 Å². The van der Waals surface area contributed by atoms with E-state index in [1.807, 2.05) is 31.2 Å². The number of nitrogens with zero attached hydrogens (tertiary/aromatic N) is 4. The van der Waals surface area contributed by atoms with Crippen molar-refractivity contribution >= 4 is 5.69 Å². The smallest absolute Gasteiger partial charge is 0.182 e. The lowest BCUT2D eigenvalue weighted by Gasteiger charge is -2.07. The summed E-state index contributed by atoms with van der Waals surface area (Å²) in [5, 5.41) is 11.7. The zero-order valence-corrected chi connectivity index (χ0v) is 11.5. The fourth-order valence-electron chi connectivity index (χ4n) is 2.14. The lowest BCUT2D eigenvalue weighted by Crippen LogP contribution is -2.05. The maximum atomic E-state index is 13.2. The van der Waals surface area contributed by atoms with E-state index in [4.69, 9.17) is 5.73 Å². The molecule has 21 heavy (non-hydrogen) atoms. The number of halogens is 1. The Morgan fingerprint density at radius 1 is 1.19 bits per heavy atom. The van der Waals surface area contributed by atoms with E-state index in [1.54, 1.807) is 10.7 Å². The van der Waals surface area contributed by atoms with Crippen molar-refractivity contribution in [3.63, 3.8) is 0 Å². The third kappa shape index (κ3) is 2.74. The molecule has 1 heterocycles. The first-order valence-corrected chi connectivity index (χ1v) is 6.50. The zero-order valence-electron chi connectivity index (χ0n) is 11.5. The van der Waals surface area contributed by atoms with Gasteiger partial charge in [0.05, 0.1) is 6.54 Å². The normalized spacial score (nSPS) is 10.8. The second-order valence-electron chi connectivity index (χ2n) is 4.86. The molecule has 5 nitrogen and oxygen atoms in total. The second-order valence-corrected chi connectivity index (χ2v) is 4.86. The molecule has 0 fully saturated rings. The predicted octanol–water partition coefficient (Wildman–Crippen LogP) is 2.42. The first-order valence-electron chi connectivity index (χ1n) is 6.50. The van der Waals surface area contributed by atoms with Gasteiger partial charge in [-0.3, -0.25) is 0 Å². The highest BCUT2D eigenvalue weighted by molar-refractivity contribution is 5.61. The molecular weight excluding hydrogens is 269 g/mol. The van der Waals surface area contributed by atoms with Crippen molar-refractivity contribution in [1.82, 2.24) is 20.2 Å². The maximum Gasteiger partial charge on any atom is 0.182 e. The fraction of sp³-hybridized carbons (Fsp3) is 0.133. The van der Waals surface area contributed by atoms with Crippen LogP contribution in [0.4, 0.5) is 10.1 Å². The molecule has 0 unspecified atom stereocenters. The molecular formula is C15H14FN5. The van der Waals surface area contributed by atoms with Gasteiger partial charge in [0, 0.05) is 11.3 Å². The number of tetrazole rings is 1. The molecule has 0 amide bonds. The van der Waals surface area contributed by atoms with E-state index in [0.29, 0.717) is 12.4 Å². The third-order valence-corrected chi connectivity index (χ3v) is 3.28. The van der Waals surface area contributed by atoms with Crippen LogP contribution < -0.4 is 5.73 Å². The number of benzene rings is 2. The van der Waals surface area contributed by atoms with Gasteiger partial charge in [-0.15, -0.1) is 5.10 Å². The van der Waals surface area contributed by atoms with Gasteiger partial charge in [-0.2, -0.15) is 0 Å². The summed E-state index contributed by atoms with van der Waals surface area (Å²) in [7, 11) is 0. The molecule has 0 radical (unpaired) electrons. The minimum atomic E-state index is -0.273. The monoisotopic (exact) mass is 283 g/mol. The molecule has 106 valence electrons. The van der Waals surface area contributed by atoms with Crippen molar-refractivity contribution in [3.8, 4) is 11.4 Å². The van der Waals surface area contributed by atoms with Gasteiger partial charge in [-0.05, 0) is 58.8 Å². The third-order valence-electron chi connectivity index (χ3n) is 3.28. The summed E-state index contributed by atoms with van der Waals surface area (Å²) in [4.78, 5) is 0. The van der Waals surface area contributed by atoms with Crippen LogP contribution in [0.5, 0.6) is 0 Å². The molecule has 0 aliphatic heterocycles. The number of nitrogen functional groups attached to an aromatic ring is 1. The molecule has 0 atom stereocenters. The Morgan fingerprint density at radius 3 is 2.81 bits per heavy atom. The van der Waals surface area contributed by atoms with Crippen LogP contribution in [0.3, 0.4) is 0 Å². The minimum Gasteiger partial charge on any atom is -0.399 e. The van der Waals surface area contributed by atoms with Crippen molar-refractivity contribution in [1.29, 1.82) is 0 Å². The van der Waals surface area contributed by atoms with Gasteiger partial charge >= 0.3 is 0 Å². The van der Waals surface area contributed by atoms with Gasteiger partial charge in [-0.25, -0.2) is 9.07 Å². The largest absolute Gasteiger partial charge is 0.399 e. The van der Waals surface area contributed by atoms with Crippen LogP contribution >= 0.6 is 0 Å². The molecule has 0 saturated carbocycles. The number of aryl methyl sites for hydroxylation is 1. The fourth-order valence-corrected chi connectivity index (χ4v) is 2.14. The summed E-state index contributed by atoms with van der Waals surface area (Å²) in [5.74, 6) is 0.354. The quantitative estimate of drug-likeness (QED) is 0.749. The molecule has 6 heteroatoms. The van der Waals surface area contributed by atoms with E-state index in [0.717, 1.165) is 22.4 Å². The average molecular weight is 283 g/mol. The Balaban J connectivity index is 1.95. The van der Waals surface area contributed by atoms with Crippen molar-refractivity contribution in [3.05, 3.63) is 59.4 Å². The van der Waals surface area contributed by atoms with Crippen LogP contribution in [0.15, 0.2) is 42.5 Å². The average Bonchev–Trinajstić information content (AvgIpc) is 2.90. The number of anilines is 1. The van der Waals surface area contributed by atoms with Crippen LogP contribution in [0.2, 0.25) is 0 Å². The number of hydrogen-bond acceptors (Lipinski definition) is 4. The van der Waals surface area contributed by atoms with E-state index in [-0.39, 0.29) is 5.82 Å². The molecule has 0 spiro atoms. The topological polar surface area (TPSA) is 69.6 Å². The summed E-state index contributed by atoms with van der Waals surface area (Å²) in [6.45, 7) is 2.34. The first kappa shape index (κ1) is 13.2. The second kappa shape index (κ2) is 5.32. The highest BCUT2D eigenvalue weighted by Crippen LogP contribution is 2.21. The molecule has 0 bridgehead atoms. The summed E-state index contributed by atoms with van der Waals surface area (Å²) in [5.41, 5.74) is 9.19. The number of hydrogen-bond donors (Lipinski definition) is 1. The highest BCUT2D eigenvalue weighted by atomic mass is 19.1. The summed E-state index contributed by atoms with van der Waals surface area (Å²) in [6, 6.07) is 12.0. The molecule has 0 saturated heterocycles. The van der Waals surface area contributed by atoms with Crippen molar-refractivity contribution in [2.75, 3.05) is 5.73 Å². The maximum absolute atomic E-state index is 13.2. The Kier molecular flexibility index (Phi) is 3.35. The molecule has 3 rings (SSSR count). The summed E-state index contributed by atoms with van der Waals surface area (Å²) in [6.07, 6.45) is 0. The van der Waals surface area contributed by atoms with Gasteiger partial charge in [-0.1, -0.05) is 12.1 Å². The van der Waals surface area contributed by atoms with E-state index >= 15 is 0 Å². The van der Waals surface area contributed by atoms with Gasteiger partial charge in [0.1, 0.15) is 5.82 Å². The molecule has 2 aromatic carbocycles. The Labute approximate surface area is 121 Å². The van der Waals surface area contributed by atoms with Gasteiger partial charge in [0.25, 0.3) is 0 Å². The van der Waals surface area contributed by atoms with Crippen LogP contribution in [0.25, 0.3) is 11.4 Å². The lowest BCUT2D eigenvalue weighted by atomic mass is 10.1. The number of rotatable bonds is 3. The molecule has 1 aromatic heterocycles. The molecule has 0 aliphatic carbocycles. The van der Waals surface area contributed by atoms with Crippen LogP contribution in [-0.2, 0) is 6.54 Å². The van der Waals surface area contributed by atoms with Crippen molar-refractivity contribution in [2.45, 2.75) is 13.5 Å². The zero-order chi connectivity index (χ0) is 14.8. The minimum absolute atomic E-state index is 0.273. The van der Waals surface area contributed by atoms with E-state index in [9.17, 15) is 4.39 Å². The van der Waals surface area contributed by atoms with Crippen LogP contribution in [0.1, 0.15) is 11.1 Å². The van der Waals surface area contributed by atoms with E-state index < -0.39 is 0 Å². The Bertz CT molecular complexity index is 781. The molecule has 2 N–H and O–H groups in total. The van der Waals surface area contributed by atoms with E-state index in [2.05, 4.69) is 15.5 Å². The highest BCUT2D eigenvalue weighted by Gasteiger charge is 2.10. The van der Waals surface area contributed by atoms with Crippen molar-refractivity contribution in [2.24, 2.45) is 0 Å². The predicted molar refractivity (Wildman–Crippen MR) is 77.9 cm³/mol. The summed E-state index contributed by atoms with van der Waals surface area (Å²) < 4.78 is 14.9. The number of aromatic nitrogens is 4. The lowest BCUT2D eigenvalue weighted by molar-refractivity contribution is 0.615. The first-order chi connectivity index (χ1) is 10.1. The van der Waals surface area contributed by atoms with Crippen LogP contribution in [-0.4, -0.2) is 20.2 Å². The summed E-state index contributed by atoms with van der Waals surface area (Å²) >= 11 is 0. The van der Waals surface area contributed by atoms with Gasteiger partial charge < -0.3 is 5.73 Å². The SMILES string of the molecule is Cc1cc(-c2nnnn2Cc2cccc(F)c2)ccc1N. The standard InChI is InChI=1S/C15H14FN5/c1-10-7-12(5-6-14(10)17)15-18-19-20-21(15)9-11-3-2-4-13(16)8-11/h2-8H,9,17H2,1H3. The molecule has 0 aliphatic rings. The Morgan fingerprint density at radius 2 is 2.05 bits per heavy atom.